The maximum Gasteiger partial charge on any atom is 0.0719 e. The van der Waals surface area contributed by atoms with Gasteiger partial charge in [-0.1, -0.05) is 24.3 Å². The molecular formula is C16H21N3. The lowest BCUT2D eigenvalue weighted by molar-refractivity contribution is 0.442. The predicted molar refractivity (Wildman–Crippen MR) is 79.3 cm³/mol. The molecule has 3 nitrogen and oxygen atoms in total. The summed E-state index contributed by atoms with van der Waals surface area (Å²) in [6, 6.07) is 0.272. The van der Waals surface area contributed by atoms with Gasteiger partial charge >= 0.3 is 0 Å². The molecule has 0 radical (unpaired) electrons. The van der Waals surface area contributed by atoms with Crippen molar-refractivity contribution in [2.24, 2.45) is 0 Å². The van der Waals surface area contributed by atoms with Gasteiger partial charge in [-0.3, -0.25) is 0 Å². The van der Waals surface area contributed by atoms with Crippen LogP contribution in [0, 0.1) is 0 Å². The molecule has 0 fully saturated rings. The Labute approximate surface area is 115 Å². The summed E-state index contributed by atoms with van der Waals surface area (Å²) in [5.41, 5.74) is 5.22. The van der Waals surface area contributed by atoms with Gasteiger partial charge in [0.15, 0.2) is 0 Å². The maximum absolute atomic E-state index is 3.64. The summed E-state index contributed by atoms with van der Waals surface area (Å²) in [7, 11) is 4.27. The van der Waals surface area contributed by atoms with Crippen molar-refractivity contribution in [2.75, 3.05) is 27.2 Å². The van der Waals surface area contributed by atoms with Gasteiger partial charge in [0.2, 0.25) is 0 Å². The number of hydrogen-bond acceptors (Lipinski definition) is 3. The van der Waals surface area contributed by atoms with E-state index in [1.807, 2.05) is 0 Å². The van der Waals surface area contributed by atoms with Crippen molar-refractivity contribution in [3.8, 4) is 0 Å². The van der Waals surface area contributed by atoms with Crippen molar-refractivity contribution < 1.29 is 0 Å². The standard InChI is InChI=1S/C16H21N3/c1-12-13(6-4-10-18(12)2)14-8-9-16-15(17-14)7-5-11-19(16)3/h4-9,14,17H,10-11H2,1-3H3. The zero-order chi connectivity index (χ0) is 13.4. The summed E-state index contributed by atoms with van der Waals surface area (Å²) in [4.78, 5) is 4.55. The molecule has 0 spiro atoms. The normalized spacial score (nSPS) is 25.9. The Morgan fingerprint density at radius 1 is 1.05 bits per heavy atom. The van der Waals surface area contributed by atoms with Crippen LogP contribution in [0.15, 0.2) is 59.1 Å². The Morgan fingerprint density at radius 3 is 2.63 bits per heavy atom. The molecule has 100 valence electrons. The quantitative estimate of drug-likeness (QED) is 0.773. The van der Waals surface area contributed by atoms with Crippen LogP contribution in [0.5, 0.6) is 0 Å². The van der Waals surface area contributed by atoms with Crippen LogP contribution < -0.4 is 5.32 Å². The number of nitrogens with zero attached hydrogens (tertiary/aromatic N) is 2. The molecule has 0 aliphatic carbocycles. The van der Waals surface area contributed by atoms with Crippen molar-refractivity contribution in [3.63, 3.8) is 0 Å². The van der Waals surface area contributed by atoms with Crippen molar-refractivity contribution in [2.45, 2.75) is 13.0 Å². The molecule has 0 bridgehead atoms. The highest BCUT2D eigenvalue weighted by Gasteiger charge is 2.22. The minimum absolute atomic E-state index is 0.272. The summed E-state index contributed by atoms with van der Waals surface area (Å²) < 4.78 is 0. The fourth-order valence-electron chi connectivity index (χ4n) is 2.79. The van der Waals surface area contributed by atoms with E-state index in [0.717, 1.165) is 13.1 Å². The third-order valence-corrected chi connectivity index (χ3v) is 4.11. The highest BCUT2D eigenvalue weighted by Crippen LogP contribution is 2.25. The number of allylic oxidation sites excluding steroid dienone is 3. The minimum atomic E-state index is 0.272. The fraction of sp³-hybridized carbons (Fsp3) is 0.375. The van der Waals surface area contributed by atoms with Gasteiger partial charge in [0.1, 0.15) is 0 Å². The van der Waals surface area contributed by atoms with Gasteiger partial charge < -0.3 is 15.1 Å². The predicted octanol–water partition coefficient (Wildman–Crippen LogP) is 2.00. The summed E-state index contributed by atoms with van der Waals surface area (Å²) in [5, 5.41) is 3.64. The second-order valence-electron chi connectivity index (χ2n) is 5.39. The molecule has 1 N–H and O–H groups in total. The minimum Gasteiger partial charge on any atom is -0.374 e. The van der Waals surface area contributed by atoms with Crippen molar-refractivity contribution >= 4 is 0 Å². The summed E-state index contributed by atoms with van der Waals surface area (Å²) in [6.45, 7) is 4.18. The molecule has 0 aromatic carbocycles. The molecule has 0 aromatic rings. The van der Waals surface area contributed by atoms with E-state index in [1.165, 1.54) is 22.7 Å². The van der Waals surface area contributed by atoms with E-state index in [2.05, 4.69) is 72.6 Å². The first-order chi connectivity index (χ1) is 9.16. The van der Waals surface area contributed by atoms with Gasteiger partial charge in [0.05, 0.1) is 17.4 Å². The molecule has 0 saturated carbocycles. The lowest BCUT2D eigenvalue weighted by atomic mass is 9.97. The second kappa shape index (κ2) is 4.65. The number of likely N-dealkylation sites (N-methyl/N-ethyl adjacent to an activating group) is 2. The zero-order valence-electron chi connectivity index (χ0n) is 11.9. The van der Waals surface area contributed by atoms with Crippen LogP contribution in [0.2, 0.25) is 0 Å². The number of hydrogen-bond donors (Lipinski definition) is 1. The van der Waals surface area contributed by atoms with Crippen molar-refractivity contribution in [1.82, 2.24) is 15.1 Å². The number of dihydropyridines is 1. The summed E-state index contributed by atoms with van der Waals surface area (Å²) in [5.74, 6) is 0. The highest BCUT2D eigenvalue weighted by molar-refractivity contribution is 5.45. The SMILES string of the molecule is CC1=C(C2C=CC3=C(C=CCN3C)N2)C=CCN1C. The zero-order valence-corrected chi connectivity index (χ0v) is 11.9. The van der Waals surface area contributed by atoms with Gasteiger partial charge in [0, 0.05) is 32.9 Å². The molecule has 3 rings (SSSR count). The average molecular weight is 255 g/mol. The van der Waals surface area contributed by atoms with Crippen LogP contribution in [0.3, 0.4) is 0 Å². The molecule has 1 unspecified atom stereocenters. The third-order valence-electron chi connectivity index (χ3n) is 4.11. The Hall–Kier alpha value is -1.90. The molecule has 0 aromatic heterocycles. The first-order valence-corrected chi connectivity index (χ1v) is 6.82. The molecule has 19 heavy (non-hydrogen) atoms. The van der Waals surface area contributed by atoms with E-state index in [9.17, 15) is 0 Å². The Morgan fingerprint density at radius 2 is 1.79 bits per heavy atom. The highest BCUT2D eigenvalue weighted by atomic mass is 15.1. The Kier molecular flexibility index (Phi) is 2.97. The summed E-state index contributed by atoms with van der Waals surface area (Å²) >= 11 is 0. The van der Waals surface area contributed by atoms with E-state index in [-0.39, 0.29) is 6.04 Å². The number of nitrogens with one attached hydrogen (secondary N) is 1. The number of rotatable bonds is 1. The van der Waals surface area contributed by atoms with Gasteiger partial charge in [-0.25, -0.2) is 0 Å². The topological polar surface area (TPSA) is 18.5 Å². The van der Waals surface area contributed by atoms with E-state index in [1.54, 1.807) is 0 Å². The first kappa shape index (κ1) is 12.2. The Bertz CT molecular complexity index is 534. The molecule has 0 amide bonds. The van der Waals surface area contributed by atoms with Crippen LogP contribution in [0.1, 0.15) is 6.92 Å². The average Bonchev–Trinajstić information content (AvgIpc) is 2.42. The lowest BCUT2D eigenvalue weighted by Gasteiger charge is -2.34. The molecule has 1 atom stereocenters. The van der Waals surface area contributed by atoms with Gasteiger partial charge in [-0.15, -0.1) is 0 Å². The molecule has 3 aliphatic heterocycles. The van der Waals surface area contributed by atoms with E-state index in [0.29, 0.717) is 0 Å². The monoisotopic (exact) mass is 255 g/mol. The Balaban J connectivity index is 1.88. The smallest absolute Gasteiger partial charge is 0.0719 e. The molecule has 3 heterocycles. The van der Waals surface area contributed by atoms with Crippen LogP contribution >= 0.6 is 0 Å². The molecular weight excluding hydrogens is 234 g/mol. The molecule has 3 aliphatic rings. The first-order valence-electron chi connectivity index (χ1n) is 6.82. The fourth-order valence-corrected chi connectivity index (χ4v) is 2.79. The van der Waals surface area contributed by atoms with Crippen molar-refractivity contribution in [3.05, 3.63) is 59.1 Å². The summed E-state index contributed by atoms with van der Waals surface area (Å²) in [6.07, 6.45) is 13.4. The van der Waals surface area contributed by atoms with Crippen LogP contribution in [-0.2, 0) is 0 Å². The van der Waals surface area contributed by atoms with Gasteiger partial charge in [0.25, 0.3) is 0 Å². The molecule has 3 heteroatoms. The van der Waals surface area contributed by atoms with Crippen LogP contribution in [-0.4, -0.2) is 43.0 Å². The van der Waals surface area contributed by atoms with Crippen LogP contribution in [0.4, 0.5) is 0 Å². The van der Waals surface area contributed by atoms with Crippen molar-refractivity contribution in [1.29, 1.82) is 0 Å². The van der Waals surface area contributed by atoms with Gasteiger partial charge in [-0.2, -0.15) is 0 Å². The molecule has 0 saturated heterocycles. The largest absolute Gasteiger partial charge is 0.374 e. The van der Waals surface area contributed by atoms with Crippen LogP contribution in [0.25, 0.3) is 0 Å². The van der Waals surface area contributed by atoms with E-state index in [4.69, 9.17) is 0 Å². The lowest BCUT2D eigenvalue weighted by Crippen LogP contribution is -2.37. The second-order valence-corrected chi connectivity index (χ2v) is 5.39. The maximum atomic E-state index is 3.64. The van der Waals surface area contributed by atoms with E-state index >= 15 is 0 Å². The van der Waals surface area contributed by atoms with Gasteiger partial charge in [-0.05, 0) is 24.6 Å². The van der Waals surface area contributed by atoms with E-state index < -0.39 is 0 Å². The third kappa shape index (κ3) is 2.09.